The van der Waals surface area contributed by atoms with E-state index in [1.54, 1.807) is 0 Å². The number of rotatable bonds is 7. The van der Waals surface area contributed by atoms with Crippen molar-refractivity contribution in [2.24, 2.45) is 11.5 Å². The first-order valence-corrected chi connectivity index (χ1v) is 5.36. The molecule has 23 heavy (non-hydrogen) atoms. The van der Waals surface area contributed by atoms with E-state index in [4.69, 9.17) is 11.5 Å². The monoisotopic (exact) mass is 361 g/mol. The Bertz CT molecular complexity index is 260. The van der Waals surface area contributed by atoms with Crippen molar-refractivity contribution in [2.75, 3.05) is 13.1 Å². The van der Waals surface area contributed by atoms with Gasteiger partial charge in [-0.05, 0) is 25.7 Å². The second-order valence-electron chi connectivity index (χ2n) is 3.07. The van der Waals surface area contributed by atoms with Crippen molar-refractivity contribution >= 4 is 23.9 Å². The molecule has 0 saturated heterocycles. The summed E-state index contributed by atoms with van der Waals surface area (Å²) in [6, 6.07) is 0. The maximum atomic E-state index is 9.50. The van der Waals surface area contributed by atoms with Gasteiger partial charge in [0.1, 0.15) is 0 Å². The van der Waals surface area contributed by atoms with Crippen LogP contribution in [0.15, 0.2) is 0 Å². The first-order chi connectivity index (χ1) is 9.17. The van der Waals surface area contributed by atoms with Gasteiger partial charge >= 0.3 is 88.7 Å². The van der Waals surface area contributed by atoms with E-state index >= 15 is 0 Å². The van der Waals surface area contributed by atoms with Crippen molar-refractivity contribution in [1.82, 2.24) is 0 Å². The van der Waals surface area contributed by atoms with Crippen LogP contribution in [0, 0.1) is 0 Å². The molecule has 0 rings (SSSR count). The molecule has 0 fully saturated rings. The number of carboxylic acid groups (broad SMARTS) is 4. The topological polar surface area (TPSA) is 213 Å². The average Bonchev–Trinajstić information content (AvgIpc) is 2.35. The third-order valence-electron chi connectivity index (χ3n) is 1.23. The van der Waals surface area contributed by atoms with E-state index in [2.05, 4.69) is 0 Å². The normalized spacial score (nSPS) is 7.22. The van der Waals surface area contributed by atoms with Crippen LogP contribution in [0.5, 0.6) is 0 Å². The molecule has 0 bridgehead atoms. The van der Waals surface area contributed by atoms with E-state index < -0.39 is 49.6 Å². The van der Waals surface area contributed by atoms with Crippen molar-refractivity contribution in [3.63, 3.8) is 0 Å². The molecule has 0 aromatic heterocycles. The zero-order valence-electron chi connectivity index (χ0n) is 13.7. The molecule has 0 aliphatic rings. The summed E-state index contributed by atoms with van der Waals surface area (Å²) in [5.74, 6) is -5.47. The molecule has 0 aliphatic heterocycles. The standard InChI is InChI=1S/2C4H6O4.C2H8N2.3Na/c2*5-3(6)1-2-4(7)8;3-1-2-4;;;/h2*1-2H2,(H,5,6)(H,7,8);1-4H2;;;/q;;;3*+1/p-4. The van der Waals surface area contributed by atoms with Crippen molar-refractivity contribution in [1.29, 1.82) is 0 Å². The number of nitrogens with two attached hydrogens (primary N) is 2. The predicted molar refractivity (Wildman–Crippen MR) is 56.6 cm³/mol. The van der Waals surface area contributed by atoms with Crippen LogP contribution in [-0.2, 0) is 19.2 Å². The number of aliphatic carboxylic acids is 4. The molecule has 0 aromatic rings. The maximum absolute atomic E-state index is 9.50. The predicted octanol–water partition coefficient (Wildman–Crippen LogP) is -15.6. The third-order valence-corrected chi connectivity index (χ3v) is 1.23. The molecule has 0 aliphatic carbocycles. The van der Waals surface area contributed by atoms with Gasteiger partial charge in [-0.1, -0.05) is 0 Å². The Morgan fingerprint density at radius 3 is 0.696 bits per heavy atom. The second kappa shape index (κ2) is 30.7. The zero-order valence-corrected chi connectivity index (χ0v) is 19.7. The quantitative estimate of drug-likeness (QED) is 0.408. The molecule has 0 heterocycles. The molecule has 13 heteroatoms. The Balaban J connectivity index is -0.0000000464. The average molecular weight is 361 g/mol. The zero-order chi connectivity index (χ0) is 16.6. The van der Waals surface area contributed by atoms with Crippen LogP contribution < -0.4 is 121 Å². The summed E-state index contributed by atoms with van der Waals surface area (Å²) in [7, 11) is 0. The van der Waals surface area contributed by atoms with Gasteiger partial charge in [-0.3, -0.25) is 0 Å². The third kappa shape index (κ3) is 70.8. The fourth-order valence-electron chi connectivity index (χ4n) is 0.408. The summed E-state index contributed by atoms with van der Waals surface area (Å²) in [6.45, 7) is 1.19. The van der Waals surface area contributed by atoms with Gasteiger partial charge in [0.05, 0.1) is 0 Å². The molecule has 0 saturated carbocycles. The van der Waals surface area contributed by atoms with Gasteiger partial charge in [0.25, 0.3) is 0 Å². The second-order valence-corrected chi connectivity index (χ2v) is 3.07. The van der Waals surface area contributed by atoms with Gasteiger partial charge in [0.2, 0.25) is 0 Å². The van der Waals surface area contributed by atoms with Gasteiger partial charge in [-0.25, -0.2) is 0 Å². The van der Waals surface area contributed by atoms with Gasteiger partial charge in [-0.2, -0.15) is 0 Å². The SMILES string of the molecule is NCCN.O=C([O-])CCC(=O)[O-].O=C([O-])CCC(=O)[O-].[Na+].[Na+].[Na+]. The van der Waals surface area contributed by atoms with Gasteiger partial charge in [0.15, 0.2) is 0 Å². The minimum atomic E-state index is -1.37. The van der Waals surface area contributed by atoms with E-state index in [1.165, 1.54) is 0 Å². The van der Waals surface area contributed by atoms with Crippen molar-refractivity contribution < 1.29 is 128 Å². The summed E-state index contributed by atoms with van der Waals surface area (Å²) in [5, 5.41) is 38.0. The molecule has 0 amide bonds. The molecule has 0 spiro atoms. The fraction of sp³-hybridized carbons (Fsp3) is 0.600. The molecular formula is C10H16N2Na3O8-. The first kappa shape index (κ1) is 39.0. The number of carbonyl (C=O) groups excluding carboxylic acids is 4. The van der Waals surface area contributed by atoms with Crippen LogP contribution in [0.3, 0.4) is 0 Å². The van der Waals surface area contributed by atoms with Crippen LogP contribution in [0.25, 0.3) is 0 Å². The number of carboxylic acids is 4. The summed E-state index contributed by atoms with van der Waals surface area (Å²) in [6.07, 6.45) is -1.88. The van der Waals surface area contributed by atoms with Crippen LogP contribution in [0.2, 0.25) is 0 Å². The van der Waals surface area contributed by atoms with E-state index in [0.717, 1.165) is 0 Å². The van der Waals surface area contributed by atoms with Crippen molar-refractivity contribution in [3.05, 3.63) is 0 Å². The Hall–Kier alpha value is 0.800. The van der Waals surface area contributed by atoms with E-state index in [0.29, 0.717) is 13.1 Å². The number of hydrogen-bond donors (Lipinski definition) is 2. The Kier molecular flexibility index (Phi) is 52.0. The first-order valence-electron chi connectivity index (χ1n) is 5.36. The van der Waals surface area contributed by atoms with E-state index in [9.17, 15) is 39.6 Å². The largest absolute Gasteiger partial charge is 1.00 e. The molecule has 0 aromatic carbocycles. The fourth-order valence-corrected chi connectivity index (χ4v) is 0.408. The van der Waals surface area contributed by atoms with E-state index in [-0.39, 0.29) is 88.7 Å². The van der Waals surface area contributed by atoms with Crippen molar-refractivity contribution in [3.8, 4) is 0 Å². The minimum absolute atomic E-state index is 0. The number of hydrogen-bond acceptors (Lipinski definition) is 10. The molecule has 118 valence electrons. The molecule has 0 radical (unpaired) electrons. The summed E-state index contributed by atoms with van der Waals surface area (Å²) in [5.41, 5.74) is 9.81. The number of carbonyl (C=O) groups is 4. The molecular weight excluding hydrogens is 345 g/mol. The summed E-state index contributed by atoms with van der Waals surface area (Å²) < 4.78 is 0. The van der Waals surface area contributed by atoms with Crippen LogP contribution in [0.1, 0.15) is 25.7 Å². The Morgan fingerprint density at radius 2 is 0.652 bits per heavy atom. The minimum Gasteiger partial charge on any atom is -0.550 e. The smallest absolute Gasteiger partial charge is 0.550 e. The van der Waals surface area contributed by atoms with Gasteiger partial charge in [0, 0.05) is 37.0 Å². The summed E-state index contributed by atoms with van der Waals surface area (Å²) in [4.78, 5) is 38.0. The Labute approximate surface area is 200 Å². The molecule has 4 N–H and O–H groups in total. The Morgan fingerprint density at radius 1 is 0.522 bits per heavy atom. The van der Waals surface area contributed by atoms with Crippen LogP contribution >= 0.6 is 0 Å². The van der Waals surface area contributed by atoms with Crippen molar-refractivity contribution in [2.45, 2.75) is 25.7 Å². The maximum Gasteiger partial charge on any atom is 1.00 e. The molecule has 10 nitrogen and oxygen atoms in total. The van der Waals surface area contributed by atoms with Crippen LogP contribution in [0.4, 0.5) is 0 Å². The molecule has 0 unspecified atom stereocenters. The van der Waals surface area contributed by atoms with Crippen LogP contribution in [-0.4, -0.2) is 37.0 Å². The summed E-state index contributed by atoms with van der Waals surface area (Å²) >= 11 is 0. The van der Waals surface area contributed by atoms with E-state index in [1.807, 2.05) is 0 Å². The molecule has 0 atom stereocenters. The van der Waals surface area contributed by atoms with Gasteiger partial charge in [-0.15, -0.1) is 0 Å². The van der Waals surface area contributed by atoms with Gasteiger partial charge < -0.3 is 51.1 Å².